The van der Waals surface area contributed by atoms with E-state index in [2.05, 4.69) is 38.4 Å². The minimum atomic E-state index is -0.548. The van der Waals surface area contributed by atoms with Gasteiger partial charge in [-0.3, -0.25) is 4.79 Å². The molecule has 1 aliphatic rings. The van der Waals surface area contributed by atoms with Gasteiger partial charge in [-0.1, -0.05) is 30.3 Å². The van der Waals surface area contributed by atoms with Crippen molar-refractivity contribution in [2.75, 3.05) is 18.5 Å². The summed E-state index contributed by atoms with van der Waals surface area (Å²) >= 11 is 3.58. The average molecular weight is 549 g/mol. The first-order valence-electron chi connectivity index (χ1n) is 11.5. The zero-order chi connectivity index (χ0) is 25.5. The number of nitrogens with zero attached hydrogens (tertiary/aromatic N) is 1. The number of ether oxygens (including phenoxy) is 3. The maximum absolute atomic E-state index is 12.5. The van der Waals surface area contributed by atoms with Gasteiger partial charge in [0.05, 0.1) is 17.7 Å². The van der Waals surface area contributed by atoms with Crippen LogP contribution in [-0.4, -0.2) is 31.0 Å². The highest BCUT2D eigenvalue weighted by Crippen LogP contribution is 2.38. The quantitative estimate of drug-likeness (QED) is 0.271. The second-order valence-electron chi connectivity index (χ2n) is 7.94. The molecule has 1 aliphatic heterocycles. The Morgan fingerprint density at radius 3 is 2.53 bits per heavy atom. The Labute approximate surface area is 217 Å². The Hall–Kier alpha value is -3.91. The zero-order valence-corrected chi connectivity index (χ0v) is 21.5. The van der Waals surface area contributed by atoms with Crippen molar-refractivity contribution in [2.45, 2.75) is 20.3 Å². The molecule has 0 radical (unpaired) electrons. The minimum Gasteiger partial charge on any atom is -0.490 e. The number of cyclic esters (lactones) is 1. The molecule has 0 fully saturated rings. The zero-order valence-electron chi connectivity index (χ0n) is 19.9. The van der Waals surface area contributed by atoms with Gasteiger partial charge in [0.1, 0.15) is 0 Å². The fraction of sp³-hybridized carbons (Fsp3) is 0.179. The van der Waals surface area contributed by atoms with Crippen molar-refractivity contribution in [2.24, 2.45) is 4.99 Å². The highest BCUT2D eigenvalue weighted by atomic mass is 79.9. The largest absolute Gasteiger partial charge is 0.490 e. The minimum absolute atomic E-state index is 0.164. The van der Waals surface area contributed by atoms with Gasteiger partial charge in [0.2, 0.25) is 11.8 Å². The lowest BCUT2D eigenvalue weighted by molar-refractivity contribution is -0.129. The Morgan fingerprint density at radius 2 is 1.83 bits per heavy atom. The summed E-state index contributed by atoms with van der Waals surface area (Å²) < 4.78 is 17.9. The molecule has 1 N–H and O–H groups in total. The Morgan fingerprint density at radius 1 is 1.08 bits per heavy atom. The molecule has 184 valence electrons. The molecule has 7 nitrogen and oxygen atoms in total. The number of anilines is 1. The molecule has 4 rings (SSSR count). The van der Waals surface area contributed by atoms with E-state index in [0.717, 1.165) is 6.42 Å². The lowest BCUT2D eigenvalue weighted by atomic mass is 10.1. The number of carbonyl (C=O) groups is 2. The molecule has 36 heavy (non-hydrogen) atoms. The van der Waals surface area contributed by atoms with Gasteiger partial charge in [-0.05, 0) is 76.5 Å². The third-order valence-electron chi connectivity index (χ3n) is 5.19. The van der Waals surface area contributed by atoms with E-state index in [9.17, 15) is 9.59 Å². The van der Waals surface area contributed by atoms with Gasteiger partial charge in [-0.2, -0.15) is 0 Å². The summed E-state index contributed by atoms with van der Waals surface area (Å²) in [5.74, 6) is 0.657. The molecule has 1 heterocycles. The maximum Gasteiger partial charge on any atom is 0.363 e. The lowest BCUT2D eigenvalue weighted by Gasteiger charge is -2.15. The predicted molar refractivity (Wildman–Crippen MR) is 142 cm³/mol. The van der Waals surface area contributed by atoms with E-state index in [1.165, 1.54) is 12.5 Å². The molecule has 0 saturated heterocycles. The first-order valence-corrected chi connectivity index (χ1v) is 12.3. The number of nitrogens with one attached hydrogen (secondary N) is 1. The normalized spacial score (nSPS) is 13.8. The topological polar surface area (TPSA) is 86.2 Å². The lowest BCUT2D eigenvalue weighted by Crippen LogP contribution is -2.07. The van der Waals surface area contributed by atoms with Crippen molar-refractivity contribution in [1.29, 1.82) is 0 Å². The van der Waals surface area contributed by atoms with Crippen LogP contribution in [0.5, 0.6) is 11.5 Å². The summed E-state index contributed by atoms with van der Waals surface area (Å²) in [4.78, 5) is 28.1. The molecule has 0 unspecified atom stereocenters. The Bertz CT molecular complexity index is 1320. The van der Waals surface area contributed by atoms with E-state index in [1.807, 2.05) is 37.3 Å². The van der Waals surface area contributed by atoms with Crippen molar-refractivity contribution in [3.8, 4) is 11.5 Å². The molecule has 0 aromatic heterocycles. The number of halogens is 1. The number of rotatable bonds is 9. The van der Waals surface area contributed by atoms with Crippen molar-refractivity contribution in [3.05, 3.63) is 93.6 Å². The fourth-order valence-electron chi connectivity index (χ4n) is 3.58. The molecule has 8 heteroatoms. The van der Waals surface area contributed by atoms with E-state index < -0.39 is 5.97 Å². The Kier molecular flexibility index (Phi) is 8.17. The van der Waals surface area contributed by atoms with Crippen LogP contribution in [0.2, 0.25) is 0 Å². The van der Waals surface area contributed by atoms with Crippen LogP contribution in [0.3, 0.4) is 0 Å². The van der Waals surface area contributed by atoms with Gasteiger partial charge in [0.15, 0.2) is 17.2 Å². The molecule has 0 atom stereocenters. The summed E-state index contributed by atoms with van der Waals surface area (Å²) in [5, 5.41) is 2.69. The SMILES string of the molecule is CCOc1cc(/C=C2\N=C(c3ccc(NC(C)=O)cc3)OC2=O)cc(Br)c1OCCc1ccccc1. The van der Waals surface area contributed by atoms with Gasteiger partial charge in [-0.15, -0.1) is 0 Å². The van der Waals surface area contributed by atoms with E-state index in [-0.39, 0.29) is 17.5 Å². The first-order chi connectivity index (χ1) is 17.4. The van der Waals surface area contributed by atoms with Crippen LogP contribution in [0.4, 0.5) is 5.69 Å². The number of aliphatic imine (C=N–C) groups is 1. The van der Waals surface area contributed by atoms with Crippen LogP contribution in [0, 0.1) is 0 Å². The third kappa shape index (κ3) is 6.40. The second kappa shape index (κ2) is 11.7. The standard InChI is InChI=1S/C28H25BrN2O5/c1-3-34-25-17-20(15-23(29)26(25)35-14-13-19-7-5-4-6-8-19)16-24-28(33)36-27(31-24)21-9-11-22(12-10-21)30-18(2)32/h4-12,15-17H,3,13-14H2,1-2H3,(H,30,32)/b24-16-. The molecule has 0 bridgehead atoms. The van der Waals surface area contributed by atoms with Crippen molar-refractivity contribution in [1.82, 2.24) is 0 Å². The Balaban J connectivity index is 1.53. The van der Waals surface area contributed by atoms with Crippen LogP contribution in [0.15, 0.2) is 81.9 Å². The molecule has 0 spiro atoms. The number of amides is 1. The van der Waals surface area contributed by atoms with Crippen molar-refractivity contribution >= 4 is 45.5 Å². The van der Waals surface area contributed by atoms with E-state index >= 15 is 0 Å². The molecular weight excluding hydrogens is 524 g/mol. The molecule has 3 aromatic carbocycles. The van der Waals surface area contributed by atoms with Gasteiger partial charge in [-0.25, -0.2) is 9.79 Å². The summed E-state index contributed by atoms with van der Waals surface area (Å²) in [6.07, 6.45) is 2.40. The summed E-state index contributed by atoms with van der Waals surface area (Å²) in [5.41, 5.74) is 3.33. The maximum atomic E-state index is 12.5. The highest BCUT2D eigenvalue weighted by molar-refractivity contribution is 9.10. The van der Waals surface area contributed by atoms with Crippen LogP contribution in [0.25, 0.3) is 6.08 Å². The number of carbonyl (C=O) groups excluding carboxylic acids is 2. The summed E-state index contributed by atoms with van der Waals surface area (Å²) in [6.45, 7) is 4.28. The molecule has 0 saturated carbocycles. The smallest absolute Gasteiger partial charge is 0.363 e. The fourth-order valence-corrected chi connectivity index (χ4v) is 4.15. The van der Waals surface area contributed by atoms with Crippen LogP contribution in [0.1, 0.15) is 30.5 Å². The van der Waals surface area contributed by atoms with E-state index in [1.54, 1.807) is 30.3 Å². The first kappa shape index (κ1) is 25.2. The molecule has 0 aliphatic carbocycles. The predicted octanol–water partition coefficient (Wildman–Crippen LogP) is 5.77. The monoisotopic (exact) mass is 548 g/mol. The summed E-state index contributed by atoms with van der Waals surface area (Å²) in [7, 11) is 0. The number of hydrogen-bond acceptors (Lipinski definition) is 6. The van der Waals surface area contributed by atoms with Crippen molar-refractivity contribution in [3.63, 3.8) is 0 Å². The van der Waals surface area contributed by atoms with Crippen LogP contribution in [-0.2, 0) is 20.7 Å². The number of benzene rings is 3. The van der Waals surface area contributed by atoms with Crippen molar-refractivity contribution < 1.29 is 23.8 Å². The third-order valence-corrected chi connectivity index (χ3v) is 5.78. The molecule has 1 amide bonds. The van der Waals surface area contributed by atoms with Gasteiger partial charge in [0.25, 0.3) is 0 Å². The van der Waals surface area contributed by atoms with Crippen LogP contribution >= 0.6 is 15.9 Å². The average Bonchev–Trinajstić information content (AvgIpc) is 3.21. The molecular formula is C28H25BrN2O5. The van der Waals surface area contributed by atoms with Gasteiger partial charge >= 0.3 is 5.97 Å². The van der Waals surface area contributed by atoms with E-state index in [4.69, 9.17) is 14.2 Å². The molecule has 3 aromatic rings. The van der Waals surface area contributed by atoms with Gasteiger partial charge in [0, 0.05) is 24.6 Å². The summed E-state index contributed by atoms with van der Waals surface area (Å²) in [6, 6.07) is 20.7. The van der Waals surface area contributed by atoms with E-state index in [0.29, 0.717) is 46.0 Å². The number of hydrogen-bond donors (Lipinski definition) is 1. The van der Waals surface area contributed by atoms with Crippen LogP contribution < -0.4 is 14.8 Å². The highest BCUT2D eigenvalue weighted by Gasteiger charge is 2.24. The van der Waals surface area contributed by atoms with Gasteiger partial charge < -0.3 is 19.5 Å². The second-order valence-corrected chi connectivity index (χ2v) is 8.80. The number of esters is 1.